The van der Waals surface area contributed by atoms with Crippen LogP contribution in [0.15, 0.2) is 58.7 Å². The van der Waals surface area contributed by atoms with Crippen molar-refractivity contribution in [3.63, 3.8) is 0 Å². The van der Waals surface area contributed by atoms with E-state index in [1.54, 1.807) is 25.3 Å². The predicted octanol–water partition coefficient (Wildman–Crippen LogP) is 4.24. The van der Waals surface area contributed by atoms with Crippen LogP contribution in [-0.4, -0.2) is 32.5 Å². The van der Waals surface area contributed by atoms with Gasteiger partial charge in [-0.25, -0.2) is 18.4 Å². The summed E-state index contributed by atoms with van der Waals surface area (Å²) in [6, 6.07) is 12.9. The highest BCUT2D eigenvalue weighted by atomic mass is 35.5. The Morgan fingerprint density at radius 2 is 2.04 bits per heavy atom. The molecular weight excluding hydrogens is 418 g/mol. The fraction of sp³-hybridized carbons (Fsp3) is 0.158. The van der Waals surface area contributed by atoms with Crippen LogP contribution in [0, 0.1) is 0 Å². The first-order valence-corrected chi connectivity index (χ1v) is 11.1. The van der Waals surface area contributed by atoms with E-state index in [1.165, 1.54) is 29.3 Å². The first kappa shape index (κ1) is 19.0. The number of aromatic nitrogens is 2. The average molecular weight is 434 g/mol. The number of ether oxygens (including phenoxy) is 1. The van der Waals surface area contributed by atoms with Gasteiger partial charge in [-0.1, -0.05) is 35.5 Å². The van der Waals surface area contributed by atoms with Gasteiger partial charge < -0.3 is 4.74 Å². The second-order valence-electron chi connectivity index (χ2n) is 6.14. The standard InChI is InChI=1S/C19H16ClN3O3S2/c1-23-16-9-13(20)6-7-15(16)18-17(28(23,24)25)10-21-19(22-18)27-11-12-4-3-5-14(8-12)26-2/h3-10H,11H2,1-2H3. The van der Waals surface area contributed by atoms with Gasteiger partial charge in [0, 0.05) is 23.4 Å². The zero-order chi connectivity index (χ0) is 19.9. The van der Waals surface area contributed by atoms with Crippen LogP contribution in [0.3, 0.4) is 0 Å². The van der Waals surface area contributed by atoms with Crippen LogP contribution in [0.2, 0.25) is 5.02 Å². The maximum Gasteiger partial charge on any atom is 0.267 e. The van der Waals surface area contributed by atoms with E-state index in [4.69, 9.17) is 16.3 Å². The molecule has 0 N–H and O–H groups in total. The summed E-state index contributed by atoms with van der Waals surface area (Å²) in [6.07, 6.45) is 1.37. The summed E-state index contributed by atoms with van der Waals surface area (Å²) >= 11 is 7.50. The van der Waals surface area contributed by atoms with Gasteiger partial charge in [0.25, 0.3) is 10.0 Å². The maximum absolute atomic E-state index is 12.8. The van der Waals surface area contributed by atoms with Gasteiger partial charge >= 0.3 is 0 Å². The number of benzene rings is 2. The number of nitrogens with zero attached hydrogens (tertiary/aromatic N) is 3. The molecule has 0 saturated carbocycles. The van der Waals surface area contributed by atoms with Gasteiger partial charge in [0.15, 0.2) is 5.16 Å². The number of hydrogen-bond acceptors (Lipinski definition) is 6. The lowest BCUT2D eigenvalue weighted by molar-refractivity contribution is 0.414. The lowest BCUT2D eigenvalue weighted by Gasteiger charge is -2.28. The van der Waals surface area contributed by atoms with Crippen LogP contribution in [0.4, 0.5) is 5.69 Å². The highest BCUT2D eigenvalue weighted by Gasteiger charge is 2.34. The third kappa shape index (κ3) is 3.32. The molecule has 28 heavy (non-hydrogen) atoms. The molecule has 2 aromatic carbocycles. The molecule has 0 unspecified atom stereocenters. The topological polar surface area (TPSA) is 72.4 Å². The minimum absolute atomic E-state index is 0.0931. The lowest BCUT2D eigenvalue weighted by atomic mass is 10.1. The van der Waals surface area contributed by atoms with E-state index in [2.05, 4.69) is 9.97 Å². The normalized spacial score (nSPS) is 14.3. The molecule has 1 aliphatic rings. The number of hydrogen-bond donors (Lipinski definition) is 0. The summed E-state index contributed by atoms with van der Waals surface area (Å²) in [7, 11) is -0.596. The van der Waals surface area contributed by atoms with Crippen LogP contribution in [0.5, 0.6) is 5.75 Å². The minimum Gasteiger partial charge on any atom is -0.497 e. The molecule has 0 aliphatic carbocycles. The molecule has 0 amide bonds. The van der Waals surface area contributed by atoms with Gasteiger partial charge in [-0.15, -0.1) is 0 Å². The number of halogens is 1. The van der Waals surface area contributed by atoms with E-state index in [-0.39, 0.29) is 4.90 Å². The molecular formula is C19H16ClN3O3S2. The number of rotatable bonds is 4. The van der Waals surface area contributed by atoms with E-state index in [9.17, 15) is 8.42 Å². The molecule has 0 fully saturated rings. The van der Waals surface area contributed by atoms with Crippen LogP contribution >= 0.6 is 23.4 Å². The van der Waals surface area contributed by atoms with Crippen molar-refractivity contribution in [2.75, 3.05) is 18.5 Å². The molecule has 0 radical (unpaired) electrons. The Kier molecular flexibility index (Phi) is 4.95. The fourth-order valence-corrected chi connectivity index (χ4v) is 5.17. The number of fused-ring (bicyclic) bond motifs is 3. The predicted molar refractivity (Wildman–Crippen MR) is 111 cm³/mol. The highest BCUT2D eigenvalue weighted by Crippen LogP contribution is 2.42. The van der Waals surface area contributed by atoms with E-state index in [1.807, 2.05) is 24.3 Å². The second kappa shape index (κ2) is 7.27. The Balaban J connectivity index is 1.71. The van der Waals surface area contributed by atoms with Crippen molar-refractivity contribution in [3.05, 3.63) is 59.2 Å². The Morgan fingerprint density at radius 1 is 1.21 bits per heavy atom. The summed E-state index contributed by atoms with van der Waals surface area (Å²) in [5.74, 6) is 1.42. The summed E-state index contributed by atoms with van der Waals surface area (Å²) in [6.45, 7) is 0. The van der Waals surface area contributed by atoms with Gasteiger partial charge in [-0.3, -0.25) is 4.31 Å². The molecule has 2 heterocycles. The van der Waals surface area contributed by atoms with Crippen LogP contribution in [0.25, 0.3) is 11.3 Å². The Hall–Kier alpha value is -2.29. The molecule has 0 saturated heterocycles. The zero-order valence-electron chi connectivity index (χ0n) is 15.1. The molecule has 1 aromatic heterocycles. The largest absolute Gasteiger partial charge is 0.497 e. The van der Waals surface area contributed by atoms with Gasteiger partial charge in [0.1, 0.15) is 10.6 Å². The van der Waals surface area contributed by atoms with Crippen molar-refractivity contribution >= 4 is 39.1 Å². The van der Waals surface area contributed by atoms with Crippen molar-refractivity contribution in [3.8, 4) is 17.0 Å². The summed E-state index contributed by atoms with van der Waals surface area (Å²) in [5, 5.41) is 0.966. The molecule has 0 bridgehead atoms. The van der Waals surface area contributed by atoms with Gasteiger partial charge in [0.2, 0.25) is 0 Å². The van der Waals surface area contributed by atoms with Gasteiger partial charge in [-0.05, 0) is 35.9 Å². The SMILES string of the molecule is COc1cccc(CSc2ncc3c(n2)-c2ccc(Cl)cc2N(C)S3(=O)=O)c1. The molecule has 9 heteroatoms. The summed E-state index contributed by atoms with van der Waals surface area (Å²) in [4.78, 5) is 8.90. The molecule has 144 valence electrons. The van der Waals surface area contributed by atoms with Gasteiger partial charge in [0.05, 0.1) is 24.7 Å². The fourth-order valence-electron chi connectivity index (χ4n) is 2.96. The van der Waals surface area contributed by atoms with Gasteiger partial charge in [-0.2, -0.15) is 0 Å². The monoisotopic (exact) mass is 433 g/mol. The van der Waals surface area contributed by atoms with E-state index >= 15 is 0 Å². The van der Waals surface area contributed by atoms with Crippen molar-refractivity contribution in [1.29, 1.82) is 0 Å². The smallest absolute Gasteiger partial charge is 0.267 e. The second-order valence-corrected chi connectivity index (χ2v) is 9.46. The van der Waals surface area contributed by atoms with Crippen LogP contribution < -0.4 is 9.04 Å². The van der Waals surface area contributed by atoms with Crippen molar-refractivity contribution < 1.29 is 13.2 Å². The Labute approximate surface area is 172 Å². The molecule has 0 spiro atoms. The summed E-state index contributed by atoms with van der Waals surface area (Å²) < 4.78 is 32.1. The third-order valence-electron chi connectivity index (χ3n) is 4.43. The van der Waals surface area contributed by atoms with Crippen molar-refractivity contribution in [2.24, 2.45) is 0 Å². The number of sulfonamides is 1. The number of thioether (sulfide) groups is 1. The van der Waals surface area contributed by atoms with Crippen LogP contribution in [-0.2, 0) is 15.8 Å². The first-order chi connectivity index (χ1) is 13.4. The van der Waals surface area contributed by atoms with Crippen LogP contribution in [0.1, 0.15) is 5.56 Å². The molecule has 3 aromatic rings. The molecule has 4 rings (SSSR count). The highest BCUT2D eigenvalue weighted by molar-refractivity contribution is 7.98. The van der Waals surface area contributed by atoms with E-state index < -0.39 is 10.0 Å². The third-order valence-corrected chi connectivity index (χ3v) is 7.37. The molecule has 6 nitrogen and oxygen atoms in total. The first-order valence-electron chi connectivity index (χ1n) is 8.32. The number of anilines is 1. The Morgan fingerprint density at radius 3 is 2.82 bits per heavy atom. The lowest BCUT2D eigenvalue weighted by Crippen LogP contribution is -2.31. The van der Waals surface area contributed by atoms with E-state index in [0.29, 0.717) is 32.9 Å². The van der Waals surface area contributed by atoms with Crippen molar-refractivity contribution in [1.82, 2.24) is 9.97 Å². The van der Waals surface area contributed by atoms with Crippen molar-refractivity contribution in [2.45, 2.75) is 15.8 Å². The average Bonchev–Trinajstić information content (AvgIpc) is 2.70. The Bertz CT molecular complexity index is 1170. The number of methoxy groups -OCH3 is 1. The quantitative estimate of drug-likeness (QED) is 0.452. The molecule has 0 atom stereocenters. The van der Waals surface area contributed by atoms with E-state index in [0.717, 1.165) is 11.3 Å². The minimum atomic E-state index is -3.72. The summed E-state index contributed by atoms with van der Waals surface area (Å²) in [5.41, 5.74) is 2.67. The zero-order valence-corrected chi connectivity index (χ0v) is 17.5. The maximum atomic E-state index is 12.8. The molecule has 1 aliphatic heterocycles.